The Bertz CT molecular complexity index is 794. The van der Waals surface area contributed by atoms with Gasteiger partial charge in [0.25, 0.3) is 5.91 Å². The van der Waals surface area contributed by atoms with Crippen LogP contribution >= 0.6 is 0 Å². The average molecular weight is 326 g/mol. The van der Waals surface area contributed by atoms with E-state index in [0.29, 0.717) is 5.69 Å². The van der Waals surface area contributed by atoms with Crippen LogP contribution in [0.3, 0.4) is 0 Å². The first-order chi connectivity index (χ1) is 11.5. The highest BCUT2D eigenvalue weighted by molar-refractivity contribution is 5.96. The van der Waals surface area contributed by atoms with E-state index in [0.717, 1.165) is 11.6 Å². The maximum atomic E-state index is 11.8. The Morgan fingerprint density at radius 3 is 2.46 bits per heavy atom. The van der Waals surface area contributed by atoms with Crippen molar-refractivity contribution in [3.05, 3.63) is 53.6 Å². The van der Waals surface area contributed by atoms with E-state index in [1.54, 1.807) is 24.3 Å². The standard InChI is InChI=1S/C17H14N2O5/c18-8-7-11-1-3-12(4-2-11)19-16(22)10-24-17(23)14-6-5-13(20)9-15(14)21/h1-6,9,20-21H,7,10H2,(H,19,22). The first-order valence-electron chi connectivity index (χ1n) is 6.94. The van der Waals surface area contributed by atoms with Crippen LogP contribution in [-0.4, -0.2) is 28.7 Å². The lowest BCUT2D eigenvalue weighted by atomic mass is 10.1. The van der Waals surface area contributed by atoms with Gasteiger partial charge in [-0.3, -0.25) is 4.79 Å². The second kappa shape index (κ2) is 7.65. The third-order valence-corrected chi connectivity index (χ3v) is 3.06. The van der Waals surface area contributed by atoms with Gasteiger partial charge in [0.05, 0.1) is 12.5 Å². The number of amides is 1. The van der Waals surface area contributed by atoms with Crippen LogP contribution < -0.4 is 5.32 Å². The van der Waals surface area contributed by atoms with Gasteiger partial charge in [-0.1, -0.05) is 12.1 Å². The molecule has 1 amide bonds. The topological polar surface area (TPSA) is 120 Å². The van der Waals surface area contributed by atoms with Crippen molar-refractivity contribution in [2.24, 2.45) is 0 Å². The van der Waals surface area contributed by atoms with Crippen molar-refractivity contribution in [2.45, 2.75) is 6.42 Å². The van der Waals surface area contributed by atoms with E-state index in [1.807, 2.05) is 6.07 Å². The van der Waals surface area contributed by atoms with Crippen LogP contribution in [0.4, 0.5) is 5.69 Å². The van der Waals surface area contributed by atoms with Crippen LogP contribution in [0.15, 0.2) is 42.5 Å². The number of nitrogens with one attached hydrogen (secondary N) is 1. The summed E-state index contributed by atoms with van der Waals surface area (Å²) in [5, 5.41) is 29.8. The fourth-order valence-corrected chi connectivity index (χ4v) is 1.90. The summed E-state index contributed by atoms with van der Waals surface area (Å²) >= 11 is 0. The van der Waals surface area contributed by atoms with Crippen molar-refractivity contribution in [2.75, 3.05) is 11.9 Å². The number of nitriles is 1. The number of hydrogen-bond acceptors (Lipinski definition) is 6. The number of benzene rings is 2. The molecule has 0 aromatic heterocycles. The monoisotopic (exact) mass is 326 g/mol. The van der Waals surface area contributed by atoms with E-state index >= 15 is 0 Å². The van der Waals surface area contributed by atoms with Crippen LogP contribution in [0.2, 0.25) is 0 Å². The number of nitrogens with zero attached hydrogens (tertiary/aromatic N) is 1. The molecule has 3 N–H and O–H groups in total. The van der Waals surface area contributed by atoms with Crippen molar-refractivity contribution in [3.63, 3.8) is 0 Å². The lowest BCUT2D eigenvalue weighted by Gasteiger charge is -2.08. The number of carbonyl (C=O) groups excluding carboxylic acids is 2. The lowest BCUT2D eigenvalue weighted by Crippen LogP contribution is -2.21. The van der Waals surface area contributed by atoms with Gasteiger partial charge in [0.15, 0.2) is 6.61 Å². The van der Waals surface area contributed by atoms with Crippen molar-refractivity contribution >= 4 is 17.6 Å². The number of phenols is 2. The first-order valence-corrected chi connectivity index (χ1v) is 6.94. The molecule has 2 aromatic carbocycles. The predicted molar refractivity (Wildman–Crippen MR) is 84.4 cm³/mol. The lowest BCUT2D eigenvalue weighted by molar-refractivity contribution is -0.119. The van der Waals surface area contributed by atoms with Gasteiger partial charge < -0.3 is 20.3 Å². The smallest absolute Gasteiger partial charge is 0.342 e. The minimum atomic E-state index is -0.882. The third kappa shape index (κ3) is 4.48. The molecule has 24 heavy (non-hydrogen) atoms. The summed E-state index contributed by atoms with van der Waals surface area (Å²) in [5.41, 5.74) is 1.18. The number of hydrogen-bond donors (Lipinski definition) is 3. The molecule has 0 aliphatic heterocycles. The number of aromatic hydroxyl groups is 2. The molecule has 0 atom stereocenters. The Morgan fingerprint density at radius 2 is 1.83 bits per heavy atom. The van der Waals surface area contributed by atoms with Gasteiger partial charge in [0.1, 0.15) is 17.1 Å². The van der Waals surface area contributed by atoms with Gasteiger partial charge >= 0.3 is 5.97 Å². The second-order valence-corrected chi connectivity index (χ2v) is 4.86. The molecule has 0 saturated carbocycles. The molecule has 0 radical (unpaired) electrons. The normalized spacial score (nSPS) is 9.79. The minimum absolute atomic E-state index is 0.151. The van der Waals surface area contributed by atoms with Gasteiger partial charge in [-0.2, -0.15) is 5.26 Å². The van der Waals surface area contributed by atoms with Crippen LogP contribution in [-0.2, 0) is 16.0 Å². The minimum Gasteiger partial charge on any atom is -0.508 e. The zero-order valence-corrected chi connectivity index (χ0v) is 12.5. The highest BCUT2D eigenvalue weighted by Crippen LogP contribution is 2.23. The summed E-state index contributed by atoms with van der Waals surface area (Å²) in [4.78, 5) is 23.5. The van der Waals surface area contributed by atoms with Crippen LogP contribution in [0, 0.1) is 11.3 Å². The second-order valence-electron chi connectivity index (χ2n) is 4.86. The summed E-state index contributed by atoms with van der Waals surface area (Å²) in [6.45, 7) is -0.529. The molecule has 122 valence electrons. The van der Waals surface area contributed by atoms with E-state index in [4.69, 9.17) is 15.1 Å². The van der Waals surface area contributed by atoms with E-state index in [2.05, 4.69) is 5.32 Å². The third-order valence-electron chi connectivity index (χ3n) is 3.06. The van der Waals surface area contributed by atoms with E-state index in [1.165, 1.54) is 12.1 Å². The molecule has 2 rings (SSSR count). The molecule has 0 heterocycles. The van der Waals surface area contributed by atoms with Crippen LogP contribution in [0.25, 0.3) is 0 Å². The number of anilines is 1. The Hall–Kier alpha value is -3.53. The maximum absolute atomic E-state index is 11.8. The Kier molecular flexibility index (Phi) is 5.36. The van der Waals surface area contributed by atoms with E-state index in [9.17, 15) is 14.7 Å². The Morgan fingerprint density at radius 1 is 1.12 bits per heavy atom. The molecular weight excluding hydrogens is 312 g/mol. The molecule has 7 heteroatoms. The summed E-state index contributed by atoms with van der Waals surface area (Å²) in [5.74, 6) is -2.06. The Balaban J connectivity index is 1.88. The highest BCUT2D eigenvalue weighted by atomic mass is 16.5. The van der Waals surface area contributed by atoms with Crippen LogP contribution in [0.1, 0.15) is 15.9 Å². The van der Waals surface area contributed by atoms with Gasteiger partial charge in [0, 0.05) is 11.8 Å². The molecule has 0 bridgehead atoms. The zero-order valence-electron chi connectivity index (χ0n) is 12.5. The molecule has 0 saturated heterocycles. The SMILES string of the molecule is N#CCc1ccc(NC(=O)COC(=O)c2ccc(O)cc2O)cc1. The number of phenolic OH excluding ortho intramolecular Hbond substituents is 2. The number of esters is 1. The van der Waals surface area contributed by atoms with Gasteiger partial charge in [-0.05, 0) is 29.8 Å². The quantitative estimate of drug-likeness (QED) is 0.723. The van der Waals surface area contributed by atoms with Crippen LogP contribution in [0.5, 0.6) is 11.5 Å². The van der Waals surface area contributed by atoms with Crippen molar-refractivity contribution in [3.8, 4) is 17.6 Å². The van der Waals surface area contributed by atoms with Gasteiger partial charge in [-0.25, -0.2) is 4.79 Å². The molecule has 2 aromatic rings. The highest BCUT2D eigenvalue weighted by Gasteiger charge is 2.15. The largest absolute Gasteiger partial charge is 0.508 e. The fourth-order valence-electron chi connectivity index (χ4n) is 1.90. The number of rotatable bonds is 5. The van der Waals surface area contributed by atoms with Gasteiger partial charge in [0.2, 0.25) is 0 Å². The van der Waals surface area contributed by atoms with Crippen molar-refractivity contribution < 1.29 is 24.5 Å². The summed E-state index contributed by atoms with van der Waals surface area (Å²) in [6.07, 6.45) is 0.280. The fraction of sp³-hybridized carbons (Fsp3) is 0.118. The first kappa shape index (κ1) is 16.8. The summed E-state index contributed by atoms with van der Waals surface area (Å²) in [6, 6.07) is 12.1. The number of carbonyl (C=O) groups is 2. The molecule has 7 nitrogen and oxygen atoms in total. The molecule has 0 unspecified atom stereocenters. The van der Waals surface area contributed by atoms with Crippen molar-refractivity contribution in [1.29, 1.82) is 5.26 Å². The van der Waals surface area contributed by atoms with E-state index in [-0.39, 0.29) is 17.7 Å². The molecule has 0 spiro atoms. The predicted octanol–water partition coefficient (Wildman–Crippen LogP) is 1.96. The molecular formula is C17H14N2O5. The molecule has 0 aliphatic carbocycles. The number of ether oxygens (including phenoxy) is 1. The van der Waals surface area contributed by atoms with E-state index < -0.39 is 24.2 Å². The van der Waals surface area contributed by atoms with Crippen molar-refractivity contribution in [1.82, 2.24) is 0 Å². The summed E-state index contributed by atoms with van der Waals surface area (Å²) < 4.78 is 4.81. The maximum Gasteiger partial charge on any atom is 0.342 e. The Labute approximate surface area is 137 Å². The zero-order chi connectivity index (χ0) is 17.5. The molecule has 0 fully saturated rings. The average Bonchev–Trinajstić information content (AvgIpc) is 2.55. The molecule has 0 aliphatic rings. The summed E-state index contributed by atoms with van der Waals surface area (Å²) in [7, 11) is 0. The van der Waals surface area contributed by atoms with Gasteiger partial charge in [-0.15, -0.1) is 0 Å².